The van der Waals surface area contributed by atoms with Gasteiger partial charge in [-0.1, -0.05) is 24.3 Å². The summed E-state index contributed by atoms with van der Waals surface area (Å²) in [6.07, 6.45) is 1.28. The number of halogens is 2. The second kappa shape index (κ2) is 8.73. The number of nitrogen functional groups attached to an aromatic ring is 1. The minimum Gasteiger partial charge on any atom is -0.505 e. The van der Waals surface area contributed by atoms with Crippen LogP contribution in [0.5, 0.6) is 5.75 Å². The van der Waals surface area contributed by atoms with Crippen molar-refractivity contribution >= 4 is 27.8 Å². The average Bonchev–Trinajstić information content (AvgIpc) is 3.31. The molecule has 0 saturated carbocycles. The number of hydrogen-bond acceptors (Lipinski definition) is 7. The van der Waals surface area contributed by atoms with E-state index in [9.17, 15) is 18.7 Å². The van der Waals surface area contributed by atoms with E-state index in [0.29, 0.717) is 22.3 Å². The van der Waals surface area contributed by atoms with E-state index in [0.717, 1.165) is 6.07 Å². The van der Waals surface area contributed by atoms with Crippen LogP contribution >= 0.6 is 0 Å². The number of anilines is 1. The van der Waals surface area contributed by atoms with Gasteiger partial charge < -0.3 is 10.8 Å². The first kappa shape index (κ1) is 23.2. The fourth-order valence-corrected chi connectivity index (χ4v) is 4.54. The van der Waals surface area contributed by atoms with E-state index in [1.165, 1.54) is 39.8 Å². The van der Waals surface area contributed by atoms with Gasteiger partial charge in [0.05, 0.1) is 16.6 Å². The highest BCUT2D eigenvalue weighted by atomic mass is 19.1. The van der Waals surface area contributed by atoms with Crippen LogP contribution in [0.2, 0.25) is 0 Å². The van der Waals surface area contributed by atoms with Gasteiger partial charge in [-0.15, -0.1) is 0 Å². The predicted molar refractivity (Wildman–Crippen MR) is 138 cm³/mol. The lowest BCUT2D eigenvalue weighted by atomic mass is 10.1. The first-order valence-electron chi connectivity index (χ1n) is 11.6. The van der Waals surface area contributed by atoms with Crippen molar-refractivity contribution in [1.29, 1.82) is 0 Å². The van der Waals surface area contributed by atoms with Gasteiger partial charge in [0.15, 0.2) is 17.2 Å². The molecule has 6 rings (SSSR count). The van der Waals surface area contributed by atoms with E-state index in [2.05, 4.69) is 20.1 Å². The number of aromatic hydroxyl groups is 1. The maximum Gasteiger partial charge on any atom is 0.269 e. The lowest BCUT2D eigenvalue weighted by Gasteiger charge is -2.19. The highest BCUT2D eigenvalue weighted by molar-refractivity contribution is 5.98. The lowest BCUT2D eigenvalue weighted by Crippen LogP contribution is -2.28. The van der Waals surface area contributed by atoms with Crippen LogP contribution in [-0.4, -0.2) is 34.4 Å². The number of aromatic nitrogens is 6. The molecule has 0 aliphatic carbocycles. The van der Waals surface area contributed by atoms with Gasteiger partial charge in [0.1, 0.15) is 40.9 Å². The van der Waals surface area contributed by atoms with Crippen molar-refractivity contribution < 1.29 is 13.9 Å². The predicted octanol–water partition coefficient (Wildman–Crippen LogP) is 4.37. The first-order valence-corrected chi connectivity index (χ1v) is 11.6. The van der Waals surface area contributed by atoms with Crippen LogP contribution in [0.25, 0.3) is 38.9 Å². The summed E-state index contributed by atoms with van der Waals surface area (Å²) in [5.41, 5.74) is 7.24. The largest absolute Gasteiger partial charge is 0.505 e. The molecule has 0 fully saturated rings. The van der Waals surface area contributed by atoms with Gasteiger partial charge in [0.2, 0.25) is 0 Å². The van der Waals surface area contributed by atoms with Crippen molar-refractivity contribution in [3.63, 3.8) is 0 Å². The zero-order valence-corrected chi connectivity index (χ0v) is 19.9. The fraction of sp³-hybridized carbons (Fsp3) is 0.0741. The number of fused-ring (bicyclic) bond motifs is 2. The smallest absolute Gasteiger partial charge is 0.269 e. The molecule has 3 aromatic carbocycles. The standard InChI is InChI=1S/C27H19F2N7O2/c1-14(25-33-19-9-5-8-17(28)21(19)27(38)35(25)16-6-3-2-4-7-16)36-26-22(24(30)31-13-32-26)23(34-36)15-10-11-20(37)18(29)12-15/h2-14,37H,1H3,(H2,30,31,32)/t14-/m1/s1. The SMILES string of the molecule is C[C@H](c1nc2cccc(F)c2c(=O)n1-c1ccccc1)n1nc(-c2ccc(O)c(F)c2)c2c(N)ncnc21. The molecular formula is C27H19F2N7O2. The van der Waals surface area contributed by atoms with E-state index in [1.807, 2.05) is 0 Å². The van der Waals surface area contributed by atoms with Crippen molar-refractivity contribution in [2.24, 2.45) is 0 Å². The molecule has 0 radical (unpaired) electrons. The molecule has 0 bridgehead atoms. The molecule has 38 heavy (non-hydrogen) atoms. The molecule has 0 aliphatic heterocycles. The van der Waals surface area contributed by atoms with Gasteiger partial charge >= 0.3 is 0 Å². The summed E-state index contributed by atoms with van der Waals surface area (Å²) in [5, 5.41) is 14.6. The van der Waals surface area contributed by atoms with Crippen molar-refractivity contribution in [2.75, 3.05) is 5.73 Å². The van der Waals surface area contributed by atoms with E-state index >= 15 is 0 Å². The van der Waals surface area contributed by atoms with Gasteiger partial charge in [0.25, 0.3) is 5.56 Å². The molecule has 6 aromatic rings. The third kappa shape index (κ3) is 3.55. The highest BCUT2D eigenvalue weighted by Gasteiger charge is 2.26. The molecule has 1 atom stereocenters. The Bertz CT molecular complexity index is 1920. The van der Waals surface area contributed by atoms with Crippen LogP contribution in [0.15, 0.2) is 77.9 Å². The van der Waals surface area contributed by atoms with Crippen molar-refractivity contribution in [1.82, 2.24) is 29.3 Å². The molecule has 188 valence electrons. The van der Waals surface area contributed by atoms with Crippen molar-refractivity contribution in [2.45, 2.75) is 13.0 Å². The lowest BCUT2D eigenvalue weighted by molar-refractivity contribution is 0.432. The summed E-state index contributed by atoms with van der Waals surface area (Å²) in [4.78, 5) is 26.8. The molecule has 3 aromatic heterocycles. The molecule has 0 spiro atoms. The second-order valence-electron chi connectivity index (χ2n) is 8.67. The quantitative estimate of drug-likeness (QED) is 0.360. The van der Waals surface area contributed by atoms with Gasteiger partial charge in [-0.2, -0.15) is 5.10 Å². The Kier molecular flexibility index (Phi) is 5.34. The Morgan fingerprint density at radius 3 is 2.50 bits per heavy atom. The summed E-state index contributed by atoms with van der Waals surface area (Å²) in [5.74, 6) is -1.62. The maximum atomic E-state index is 14.8. The molecule has 3 heterocycles. The minimum absolute atomic E-state index is 0.117. The van der Waals surface area contributed by atoms with E-state index in [4.69, 9.17) is 5.73 Å². The Morgan fingerprint density at radius 2 is 1.74 bits per heavy atom. The first-order chi connectivity index (χ1) is 18.3. The number of rotatable bonds is 4. The number of para-hydroxylation sites is 1. The fourth-order valence-electron chi connectivity index (χ4n) is 4.54. The minimum atomic E-state index is -0.829. The molecule has 0 amide bonds. The van der Waals surface area contributed by atoms with Gasteiger partial charge in [-0.05, 0) is 49.4 Å². The molecule has 9 nitrogen and oxygen atoms in total. The average molecular weight is 511 g/mol. The molecule has 11 heteroatoms. The van der Waals surface area contributed by atoms with E-state index < -0.39 is 29.0 Å². The van der Waals surface area contributed by atoms with Gasteiger partial charge in [-0.3, -0.25) is 9.36 Å². The van der Waals surface area contributed by atoms with Crippen molar-refractivity contribution in [3.05, 3.63) is 101 Å². The molecule has 0 unspecified atom stereocenters. The Hall–Kier alpha value is -5.19. The summed E-state index contributed by atoms with van der Waals surface area (Å²) < 4.78 is 31.8. The highest BCUT2D eigenvalue weighted by Crippen LogP contribution is 2.34. The Morgan fingerprint density at radius 1 is 0.947 bits per heavy atom. The molecular weight excluding hydrogens is 492 g/mol. The number of benzene rings is 3. The topological polar surface area (TPSA) is 125 Å². The molecule has 0 saturated heterocycles. The number of phenols is 1. The molecule has 3 N–H and O–H groups in total. The zero-order chi connectivity index (χ0) is 26.6. The Balaban J connectivity index is 1.65. The number of nitrogens with two attached hydrogens (primary N) is 1. The summed E-state index contributed by atoms with van der Waals surface area (Å²) in [7, 11) is 0. The van der Waals surface area contributed by atoms with E-state index in [-0.39, 0.29) is 28.2 Å². The van der Waals surface area contributed by atoms with Crippen LogP contribution in [-0.2, 0) is 0 Å². The maximum absolute atomic E-state index is 14.8. The van der Waals surface area contributed by atoms with Gasteiger partial charge in [-0.25, -0.2) is 28.4 Å². The zero-order valence-electron chi connectivity index (χ0n) is 19.9. The summed E-state index contributed by atoms with van der Waals surface area (Å²) in [6.45, 7) is 1.76. The third-order valence-electron chi connectivity index (χ3n) is 6.37. The monoisotopic (exact) mass is 511 g/mol. The third-order valence-corrected chi connectivity index (χ3v) is 6.37. The van der Waals surface area contributed by atoms with Crippen LogP contribution in [0.3, 0.4) is 0 Å². The second-order valence-corrected chi connectivity index (χ2v) is 8.67. The van der Waals surface area contributed by atoms with Gasteiger partial charge in [0, 0.05) is 5.56 Å². The van der Waals surface area contributed by atoms with Crippen LogP contribution in [0.4, 0.5) is 14.6 Å². The van der Waals surface area contributed by atoms with E-state index in [1.54, 1.807) is 43.3 Å². The number of hydrogen-bond donors (Lipinski definition) is 2. The summed E-state index contributed by atoms with van der Waals surface area (Å²) >= 11 is 0. The van der Waals surface area contributed by atoms with Crippen LogP contribution < -0.4 is 11.3 Å². The van der Waals surface area contributed by atoms with Crippen molar-refractivity contribution in [3.8, 4) is 22.7 Å². The van der Waals surface area contributed by atoms with Crippen LogP contribution in [0.1, 0.15) is 18.8 Å². The van der Waals surface area contributed by atoms with Crippen LogP contribution in [0, 0.1) is 11.6 Å². The summed E-state index contributed by atoms with van der Waals surface area (Å²) in [6, 6.07) is 16.2. The normalized spacial score (nSPS) is 12.3. The number of phenolic OH excluding ortho intramolecular Hbond substituents is 1. The number of nitrogens with zero attached hydrogens (tertiary/aromatic N) is 6. The Labute approximate surface area is 213 Å². The molecule has 0 aliphatic rings.